The summed E-state index contributed by atoms with van der Waals surface area (Å²) in [6.45, 7) is 3.91. The van der Waals surface area contributed by atoms with Crippen molar-refractivity contribution in [2.45, 2.75) is 32.4 Å². The second kappa shape index (κ2) is 4.31. The van der Waals surface area contributed by atoms with Crippen LogP contribution < -0.4 is 11.1 Å². The average molecular weight is 254 g/mol. The molecule has 0 aromatic heterocycles. The molecular weight excluding hydrogens is 238 g/mol. The highest BCUT2D eigenvalue weighted by Crippen LogP contribution is 2.39. The second-order valence-corrected chi connectivity index (χ2v) is 5.35. The Hall–Kier alpha value is -1.49. The van der Waals surface area contributed by atoms with Crippen molar-refractivity contribution in [2.75, 3.05) is 0 Å². The minimum Gasteiger partial charge on any atom is -0.349 e. The molecule has 2 unspecified atom stereocenters. The monoisotopic (exact) mass is 254 g/mol. The Morgan fingerprint density at radius 3 is 2.33 bits per heavy atom. The first-order chi connectivity index (χ1) is 8.30. The van der Waals surface area contributed by atoms with Gasteiger partial charge < -0.3 is 11.1 Å². The number of amides is 1. The summed E-state index contributed by atoms with van der Waals surface area (Å²) in [5.74, 6) is -1.99. The van der Waals surface area contributed by atoms with Gasteiger partial charge in [0.2, 0.25) is 0 Å². The highest BCUT2D eigenvalue weighted by Gasteiger charge is 2.46. The first-order valence-corrected chi connectivity index (χ1v) is 5.83. The number of hydrogen-bond acceptors (Lipinski definition) is 2. The number of benzene rings is 1. The van der Waals surface area contributed by atoms with Crippen LogP contribution in [0.3, 0.4) is 0 Å². The summed E-state index contributed by atoms with van der Waals surface area (Å²) < 4.78 is 26.0. The van der Waals surface area contributed by atoms with E-state index in [-0.39, 0.29) is 23.1 Å². The van der Waals surface area contributed by atoms with Crippen LogP contribution in [0.25, 0.3) is 0 Å². The van der Waals surface area contributed by atoms with Gasteiger partial charge in [-0.2, -0.15) is 0 Å². The van der Waals surface area contributed by atoms with Gasteiger partial charge in [0.15, 0.2) is 0 Å². The summed E-state index contributed by atoms with van der Waals surface area (Å²) in [6, 6.07) is 2.74. The third-order valence-electron chi connectivity index (χ3n) is 3.77. The average Bonchev–Trinajstić information content (AvgIpc) is 2.27. The Labute approximate surface area is 104 Å². The summed E-state index contributed by atoms with van der Waals surface area (Å²) in [5.41, 5.74) is 5.63. The van der Waals surface area contributed by atoms with E-state index in [1.165, 1.54) is 0 Å². The number of carbonyl (C=O) groups excluding carboxylic acids is 1. The molecule has 2 rings (SSSR count). The Bertz CT molecular complexity index is 468. The molecule has 1 aliphatic carbocycles. The van der Waals surface area contributed by atoms with Crippen molar-refractivity contribution in [1.82, 2.24) is 5.32 Å². The van der Waals surface area contributed by atoms with Crippen LogP contribution in [0, 0.1) is 17.0 Å². The fourth-order valence-corrected chi connectivity index (χ4v) is 2.13. The minimum absolute atomic E-state index is 0.0104. The molecule has 1 amide bonds. The maximum atomic E-state index is 13.0. The van der Waals surface area contributed by atoms with Gasteiger partial charge in [-0.25, -0.2) is 8.78 Å². The van der Waals surface area contributed by atoms with Crippen LogP contribution in [-0.2, 0) is 0 Å². The zero-order valence-corrected chi connectivity index (χ0v) is 10.3. The normalized spacial score (nSPS) is 25.4. The van der Waals surface area contributed by atoms with E-state index in [9.17, 15) is 13.6 Å². The molecule has 5 heteroatoms. The van der Waals surface area contributed by atoms with Crippen LogP contribution in [0.5, 0.6) is 0 Å². The predicted octanol–water partition coefficient (Wildman–Crippen LogP) is 1.82. The van der Waals surface area contributed by atoms with Crippen molar-refractivity contribution in [2.24, 2.45) is 11.1 Å². The van der Waals surface area contributed by atoms with E-state index in [1.807, 2.05) is 13.8 Å². The maximum absolute atomic E-state index is 13.0. The molecule has 0 spiro atoms. The van der Waals surface area contributed by atoms with Gasteiger partial charge in [-0.15, -0.1) is 0 Å². The lowest BCUT2D eigenvalue weighted by Crippen LogP contribution is -2.64. The highest BCUT2D eigenvalue weighted by molar-refractivity contribution is 5.94. The van der Waals surface area contributed by atoms with Crippen molar-refractivity contribution in [3.63, 3.8) is 0 Å². The lowest BCUT2D eigenvalue weighted by Gasteiger charge is -2.50. The van der Waals surface area contributed by atoms with E-state index < -0.39 is 17.5 Å². The Balaban J connectivity index is 2.09. The summed E-state index contributed by atoms with van der Waals surface area (Å²) in [6.07, 6.45) is 0.677. The van der Waals surface area contributed by atoms with E-state index in [0.29, 0.717) is 6.42 Å². The number of hydrogen-bond donors (Lipinski definition) is 2. The Morgan fingerprint density at radius 2 is 1.89 bits per heavy atom. The van der Waals surface area contributed by atoms with Gasteiger partial charge in [-0.05, 0) is 18.6 Å². The molecule has 1 fully saturated rings. The number of rotatable bonds is 2. The van der Waals surface area contributed by atoms with Gasteiger partial charge in [0, 0.05) is 29.1 Å². The quantitative estimate of drug-likeness (QED) is 0.845. The van der Waals surface area contributed by atoms with Crippen LogP contribution in [0.4, 0.5) is 8.78 Å². The van der Waals surface area contributed by atoms with Gasteiger partial charge in [0.1, 0.15) is 11.6 Å². The fraction of sp³-hybridized carbons (Fsp3) is 0.462. The number of nitrogens with one attached hydrogen (secondary N) is 1. The number of halogens is 2. The van der Waals surface area contributed by atoms with Crippen molar-refractivity contribution >= 4 is 5.91 Å². The van der Waals surface area contributed by atoms with E-state index in [4.69, 9.17) is 5.73 Å². The van der Waals surface area contributed by atoms with E-state index in [0.717, 1.165) is 18.2 Å². The zero-order valence-electron chi connectivity index (χ0n) is 10.3. The molecule has 0 heterocycles. The lowest BCUT2D eigenvalue weighted by molar-refractivity contribution is 0.0586. The molecule has 0 aliphatic heterocycles. The van der Waals surface area contributed by atoms with Crippen LogP contribution in [0.1, 0.15) is 30.6 Å². The van der Waals surface area contributed by atoms with Crippen LogP contribution in [-0.4, -0.2) is 18.0 Å². The molecule has 0 bridgehead atoms. The second-order valence-electron chi connectivity index (χ2n) is 5.35. The van der Waals surface area contributed by atoms with E-state index in [1.54, 1.807) is 0 Å². The van der Waals surface area contributed by atoms with E-state index >= 15 is 0 Å². The molecule has 3 N–H and O–H groups in total. The lowest BCUT2D eigenvalue weighted by atomic mass is 9.63. The van der Waals surface area contributed by atoms with Gasteiger partial charge in [0.25, 0.3) is 5.91 Å². The molecular formula is C13H16F2N2O. The van der Waals surface area contributed by atoms with E-state index in [2.05, 4.69) is 5.32 Å². The zero-order chi connectivity index (χ0) is 13.5. The molecule has 2 atom stereocenters. The SMILES string of the molecule is CC1(C)C(N)CC1NC(=O)c1cc(F)cc(F)c1. The Morgan fingerprint density at radius 1 is 1.33 bits per heavy atom. The van der Waals surface area contributed by atoms with Crippen molar-refractivity contribution < 1.29 is 13.6 Å². The van der Waals surface area contributed by atoms with Gasteiger partial charge in [-0.3, -0.25) is 4.79 Å². The topological polar surface area (TPSA) is 55.1 Å². The largest absolute Gasteiger partial charge is 0.349 e. The predicted molar refractivity (Wildman–Crippen MR) is 64.0 cm³/mol. The number of nitrogens with two attached hydrogens (primary N) is 1. The molecule has 1 aliphatic rings. The van der Waals surface area contributed by atoms with Crippen molar-refractivity contribution in [3.8, 4) is 0 Å². The molecule has 18 heavy (non-hydrogen) atoms. The molecule has 0 saturated heterocycles. The third kappa shape index (κ3) is 2.22. The molecule has 1 saturated carbocycles. The highest BCUT2D eigenvalue weighted by atomic mass is 19.1. The maximum Gasteiger partial charge on any atom is 0.251 e. The summed E-state index contributed by atoms with van der Waals surface area (Å²) in [5, 5.41) is 2.76. The first-order valence-electron chi connectivity index (χ1n) is 5.83. The van der Waals surface area contributed by atoms with Crippen LogP contribution in [0.15, 0.2) is 18.2 Å². The summed E-state index contributed by atoms with van der Waals surface area (Å²) in [7, 11) is 0. The van der Waals surface area contributed by atoms with Gasteiger partial charge >= 0.3 is 0 Å². The smallest absolute Gasteiger partial charge is 0.251 e. The first kappa shape index (κ1) is 13.0. The third-order valence-corrected chi connectivity index (χ3v) is 3.77. The van der Waals surface area contributed by atoms with Crippen LogP contribution >= 0.6 is 0 Å². The van der Waals surface area contributed by atoms with Gasteiger partial charge in [-0.1, -0.05) is 13.8 Å². The van der Waals surface area contributed by atoms with Gasteiger partial charge in [0.05, 0.1) is 0 Å². The molecule has 1 aromatic carbocycles. The molecule has 0 radical (unpaired) electrons. The summed E-state index contributed by atoms with van der Waals surface area (Å²) >= 11 is 0. The standard InChI is InChI=1S/C13H16F2N2O/c1-13(2)10(16)6-11(13)17-12(18)7-3-8(14)5-9(15)4-7/h3-5,10-11H,6,16H2,1-2H3,(H,17,18). The van der Waals surface area contributed by atoms with Crippen molar-refractivity contribution in [3.05, 3.63) is 35.4 Å². The Kier molecular flexibility index (Phi) is 3.11. The van der Waals surface area contributed by atoms with Crippen LogP contribution in [0.2, 0.25) is 0 Å². The molecule has 1 aromatic rings. The number of carbonyl (C=O) groups is 1. The molecule has 3 nitrogen and oxygen atoms in total. The van der Waals surface area contributed by atoms with Crippen molar-refractivity contribution in [1.29, 1.82) is 0 Å². The fourth-order valence-electron chi connectivity index (χ4n) is 2.13. The summed E-state index contributed by atoms with van der Waals surface area (Å²) in [4.78, 5) is 11.9. The molecule has 98 valence electrons. The minimum atomic E-state index is -0.760.